The minimum absolute atomic E-state index is 0.188. The summed E-state index contributed by atoms with van der Waals surface area (Å²) >= 11 is 0. The van der Waals surface area contributed by atoms with Crippen molar-refractivity contribution in [2.24, 2.45) is 5.92 Å². The Morgan fingerprint density at radius 3 is 2.67 bits per heavy atom. The molecule has 0 radical (unpaired) electrons. The molecule has 1 aromatic rings. The fourth-order valence-electron chi connectivity index (χ4n) is 2.58. The molecular formula is C18H28N2O. The number of anilines is 1. The maximum absolute atomic E-state index is 13.0. The Balaban J connectivity index is 2.24. The SMILES string of the molecule is CCCNc1ccc(C)cc1C(=O)N(CC(C)C)C1CC1. The summed E-state index contributed by atoms with van der Waals surface area (Å²) in [6.45, 7) is 10.3. The van der Waals surface area contributed by atoms with Gasteiger partial charge < -0.3 is 10.2 Å². The van der Waals surface area contributed by atoms with Crippen LogP contribution in [0.1, 0.15) is 56.0 Å². The molecule has 0 atom stereocenters. The molecule has 0 aromatic heterocycles. The number of carbonyl (C=O) groups excluding carboxylic acids is 1. The van der Waals surface area contributed by atoms with Gasteiger partial charge in [-0.1, -0.05) is 32.4 Å². The van der Waals surface area contributed by atoms with Crippen molar-refractivity contribution in [3.63, 3.8) is 0 Å². The van der Waals surface area contributed by atoms with E-state index in [0.29, 0.717) is 12.0 Å². The fourth-order valence-corrected chi connectivity index (χ4v) is 2.58. The van der Waals surface area contributed by atoms with Crippen molar-refractivity contribution in [1.82, 2.24) is 4.90 Å². The molecule has 1 fully saturated rings. The zero-order chi connectivity index (χ0) is 15.4. The molecule has 1 aliphatic rings. The Kier molecular flexibility index (Phi) is 5.27. The van der Waals surface area contributed by atoms with Crippen LogP contribution in [0, 0.1) is 12.8 Å². The van der Waals surface area contributed by atoms with E-state index in [1.165, 1.54) is 0 Å². The first kappa shape index (κ1) is 15.9. The standard InChI is InChI=1S/C18H28N2O/c1-5-10-19-17-9-6-14(4)11-16(17)18(21)20(12-13(2)3)15-7-8-15/h6,9,11,13,15,19H,5,7-8,10,12H2,1-4H3. The van der Waals surface area contributed by atoms with E-state index in [1.807, 2.05) is 19.1 Å². The van der Waals surface area contributed by atoms with Gasteiger partial charge in [-0.15, -0.1) is 0 Å². The highest BCUT2D eigenvalue weighted by Gasteiger charge is 2.34. The van der Waals surface area contributed by atoms with Crippen LogP contribution in [0.2, 0.25) is 0 Å². The van der Waals surface area contributed by atoms with Crippen molar-refractivity contribution in [3.05, 3.63) is 29.3 Å². The number of hydrogen-bond donors (Lipinski definition) is 1. The minimum atomic E-state index is 0.188. The summed E-state index contributed by atoms with van der Waals surface area (Å²) in [5.74, 6) is 0.694. The van der Waals surface area contributed by atoms with Gasteiger partial charge in [0.05, 0.1) is 5.56 Å². The molecule has 0 bridgehead atoms. The maximum Gasteiger partial charge on any atom is 0.256 e. The molecule has 1 aromatic carbocycles. The summed E-state index contributed by atoms with van der Waals surface area (Å²) in [7, 11) is 0. The largest absolute Gasteiger partial charge is 0.384 e. The van der Waals surface area contributed by atoms with Gasteiger partial charge in [-0.25, -0.2) is 0 Å². The summed E-state index contributed by atoms with van der Waals surface area (Å²) in [5, 5.41) is 3.39. The monoisotopic (exact) mass is 288 g/mol. The predicted octanol–water partition coefficient (Wildman–Crippen LogP) is 4.08. The molecule has 116 valence electrons. The van der Waals surface area contributed by atoms with E-state index < -0.39 is 0 Å². The van der Waals surface area contributed by atoms with Gasteiger partial charge in [-0.2, -0.15) is 0 Å². The molecule has 2 rings (SSSR count). The quantitative estimate of drug-likeness (QED) is 0.820. The number of benzene rings is 1. The van der Waals surface area contributed by atoms with Gasteiger partial charge in [0.25, 0.3) is 5.91 Å². The zero-order valence-electron chi connectivity index (χ0n) is 13.8. The van der Waals surface area contributed by atoms with Crippen LogP contribution in [-0.2, 0) is 0 Å². The van der Waals surface area contributed by atoms with Crippen LogP contribution in [-0.4, -0.2) is 29.9 Å². The lowest BCUT2D eigenvalue weighted by Gasteiger charge is -2.26. The number of nitrogens with zero attached hydrogens (tertiary/aromatic N) is 1. The lowest BCUT2D eigenvalue weighted by Crippen LogP contribution is -2.36. The van der Waals surface area contributed by atoms with Crippen LogP contribution in [0.25, 0.3) is 0 Å². The van der Waals surface area contributed by atoms with Gasteiger partial charge in [0, 0.05) is 24.8 Å². The van der Waals surface area contributed by atoms with Crippen LogP contribution in [0.3, 0.4) is 0 Å². The first-order chi connectivity index (χ1) is 10.0. The number of amides is 1. The maximum atomic E-state index is 13.0. The second-order valence-corrected chi connectivity index (χ2v) is 6.56. The first-order valence-electron chi connectivity index (χ1n) is 8.18. The molecule has 3 nitrogen and oxygen atoms in total. The van der Waals surface area contributed by atoms with Crippen molar-refractivity contribution in [1.29, 1.82) is 0 Å². The molecule has 0 unspecified atom stereocenters. The topological polar surface area (TPSA) is 32.3 Å². The van der Waals surface area contributed by atoms with Crippen molar-refractivity contribution >= 4 is 11.6 Å². The lowest BCUT2D eigenvalue weighted by molar-refractivity contribution is 0.0723. The Hall–Kier alpha value is -1.51. The lowest BCUT2D eigenvalue weighted by atomic mass is 10.1. The summed E-state index contributed by atoms with van der Waals surface area (Å²) in [6, 6.07) is 6.59. The Morgan fingerprint density at radius 2 is 2.10 bits per heavy atom. The van der Waals surface area contributed by atoms with Gasteiger partial charge in [0.15, 0.2) is 0 Å². The molecule has 0 spiro atoms. The van der Waals surface area contributed by atoms with Crippen LogP contribution < -0.4 is 5.32 Å². The average molecular weight is 288 g/mol. The summed E-state index contributed by atoms with van der Waals surface area (Å²) in [6.07, 6.45) is 3.36. The average Bonchev–Trinajstić information content (AvgIpc) is 3.27. The fraction of sp³-hybridized carbons (Fsp3) is 0.611. The molecule has 0 aliphatic heterocycles. The van der Waals surface area contributed by atoms with Crippen molar-refractivity contribution < 1.29 is 4.79 Å². The minimum Gasteiger partial charge on any atom is -0.384 e. The third-order valence-corrected chi connectivity index (χ3v) is 3.78. The number of aryl methyl sites for hydroxylation is 1. The highest BCUT2D eigenvalue weighted by atomic mass is 16.2. The Bertz CT molecular complexity index is 492. The van der Waals surface area contributed by atoms with Crippen molar-refractivity contribution in [2.45, 2.75) is 53.0 Å². The third kappa shape index (κ3) is 4.23. The molecular weight excluding hydrogens is 260 g/mol. The second-order valence-electron chi connectivity index (χ2n) is 6.56. The summed E-state index contributed by atoms with van der Waals surface area (Å²) in [4.78, 5) is 15.1. The highest BCUT2D eigenvalue weighted by molar-refractivity contribution is 6.00. The smallest absolute Gasteiger partial charge is 0.256 e. The molecule has 0 heterocycles. The number of carbonyl (C=O) groups is 1. The summed E-state index contributed by atoms with van der Waals surface area (Å²) in [5.41, 5.74) is 2.94. The number of rotatable bonds is 7. The third-order valence-electron chi connectivity index (χ3n) is 3.78. The second kappa shape index (κ2) is 6.97. The zero-order valence-corrected chi connectivity index (χ0v) is 13.8. The van der Waals surface area contributed by atoms with Gasteiger partial charge in [-0.05, 0) is 44.2 Å². The van der Waals surface area contributed by atoms with Crippen molar-refractivity contribution in [3.8, 4) is 0 Å². The highest BCUT2D eigenvalue weighted by Crippen LogP contribution is 2.30. The van der Waals surface area contributed by atoms with Crippen LogP contribution in [0.4, 0.5) is 5.69 Å². The molecule has 0 saturated heterocycles. The van der Waals surface area contributed by atoms with E-state index in [0.717, 1.165) is 49.2 Å². The van der Waals surface area contributed by atoms with Crippen LogP contribution in [0.5, 0.6) is 0 Å². The normalized spacial score (nSPS) is 14.3. The van der Waals surface area contributed by atoms with E-state index >= 15 is 0 Å². The molecule has 1 N–H and O–H groups in total. The van der Waals surface area contributed by atoms with Gasteiger partial charge in [0.1, 0.15) is 0 Å². The number of hydrogen-bond acceptors (Lipinski definition) is 2. The van der Waals surface area contributed by atoms with E-state index in [9.17, 15) is 4.79 Å². The van der Waals surface area contributed by atoms with Crippen LogP contribution >= 0.6 is 0 Å². The van der Waals surface area contributed by atoms with E-state index in [1.54, 1.807) is 0 Å². The van der Waals surface area contributed by atoms with Gasteiger partial charge >= 0.3 is 0 Å². The predicted molar refractivity (Wildman–Crippen MR) is 88.9 cm³/mol. The molecule has 1 aliphatic carbocycles. The van der Waals surface area contributed by atoms with Gasteiger partial charge in [0.2, 0.25) is 0 Å². The molecule has 3 heteroatoms. The van der Waals surface area contributed by atoms with E-state index in [4.69, 9.17) is 0 Å². The Labute approximate surface area is 128 Å². The molecule has 1 amide bonds. The molecule has 1 saturated carbocycles. The summed E-state index contributed by atoms with van der Waals surface area (Å²) < 4.78 is 0. The van der Waals surface area contributed by atoms with Crippen molar-refractivity contribution in [2.75, 3.05) is 18.4 Å². The van der Waals surface area contributed by atoms with Crippen LogP contribution in [0.15, 0.2) is 18.2 Å². The molecule has 21 heavy (non-hydrogen) atoms. The number of nitrogens with one attached hydrogen (secondary N) is 1. The van der Waals surface area contributed by atoms with E-state index in [2.05, 4.69) is 37.1 Å². The van der Waals surface area contributed by atoms with Gasteiger partial charge in [-0.3, -0.25) is 4.79 Å². The Morgan fingerprint density at radius 1 is 1.38 bits per heavy atom. The first-order valence-corrected chi connectivity index (χ1v) is 8.18. The van der Waals surface area contributed by atoms with E-state index in [-0.39, 0.29) is 5.91 Å².